The van der Waals surface area contributed by atoms with Crippen molar-refractivity contribution in [3.8, 4) is 6.07 Å². The van der Waals surface area contributed by atoms with Crippen LogP contribution in [0.5, 0.6) is 0 Å². The number of alkyl halides is 1. The smallest absolute Gasteiger partial charge is 0.130 e. The molecule has 0 fully saturated rings. The number of halogens is 3. The molecule has 62 valence electrons. The number of nitrogens with zero attached hydrogens (tertiary/aromatic N) is 1. The van der Waals surface area contributed by atoms with Crippen LogP contribution in [0.1, 0.15) is 10.4 Å². The van der Waals surface area contributed by atoms with Gasteiger partial charge in [0.25, 0.3) is 0 Å². The van der Waals surface area contributed by atoms with Crippen LogP contribution in [0.25, 0.3) is 0 Å². The minimum Gasteiger partial charge on any atom is -0.207 e. The van der Waals surface area contributed by atoms with Gasteiger partial charge in [-0.15, -0.1) is 0 Å². The summed E-state index contributed by atoms with van der Waals surface area (Å²) < 4.78 is 13.0. The van der Waals surface area contributed by atoms with Gasteiger partial charge >= 0.3 is 0 Å². The molecule has 0 aliphatic rings. The lowest BCUT2D eigenvalue weighted by Gasteiger charge is -2.04. The molecule has 0 bridgehead atoms. The summed E-state index contributed by atoms with van der Waals surface area (Å²) in [6, 6.07) is 6.17. The van der Waals surface area contributed by atoms with Gasteiger partial charge in [0.05, 0.1) is 6.07 Å². The molecule has 1 unspecified atom stereocenters. The first-order chi connectivity index (χ1) is 5.66. The summed E-state index contributed by atoms with van der Waals surface area (Å²) >= 11 is 8.68. The average molecular weight is 248 g/mol. The summed E-state index contributed by atoms with van der Waals surface area (Å²) in [5.41, 5.74) is 0.196. The largest absolute Gasteiger partial charge is 0.207 e. The maximum absolute atomic E-state index is 13.0. The highest BCUT2D eigenvalue weighted by atomic mass is 79.9. The number of benzene rings is 1. The molecule has 0 spiro atoms. The van der Waals surface area contributed by atoms with Gasteiger partial charge in [-0.3, -0.25) is 0 Å². The van der Waals surface area contributed by atoms with Crippen molar-refractivity contribution in [2.45, 2.75) is 4.83 Å². The second-order valence-corrected chi connectivity index (χ2v) is 3.45. The van der Waals surface area contributed by atoms with Gasteiger partial charge in [-0.1, -0.05) is 33.6 Å². The molecule has 1 aromatic rings. The van der Waals surface area contributed by atoms with Gasteiger partial charge in [-0.05, 0) is 12.1 Å². The van der Waals surface area contributed by atoms with Crippen LogP contribution in [-0.2, 0) is 0 Å². The van der Waals surface area contributed by atoms with Gasteiger partial charge in [0.2, 0.25) is 0 Å². The molecule has 1 rings (SSSR count). The fourth-order valence-corrected chi connectivity index (χ4v) is 1.69. The van der Waals surface area contributed by atoms with Crippen LogP contribution in [0.2, 0.25) is 5.02 Å². The van der Waals surface area contributed by atoms with Crippen LogP contribution in [0.4, 0.5) is 4.39 Å². The van der Waals surface area contributed by atoms with Gasteiger partial charge in [-0.25, -0.2) is 4.39 Å². The standard InChI is InChI=1S/C8H4BrClFN/c9-5(4-12)8-6(10)2-1-3-7(8)11/h1-3,5H. The zero-order chi connectivity index (χ0) is 9.14. The van der Waals surface area contributed by atoms with Gasteiger partial charge < -0.3 is 0 Å². The van der Waals surface area contributed by atoms with E-state index in [1.54, 1.807) is 6.07 Å². The molecule has 0 heterocycles. The molecule has 4 heteroatoms. The van der Waals surface area contributed by atoms with E-state index in [9.17, 15) is 4.39 Å². The lowest BCUT2D eigenvalue weighted by Crippen LogP contribution is -1.92. The van der Waals surface area contributed by atoms with E-state index in [-0.39, 0.29) is 10.6 Å². The summed E-state index contributed by atoms with van der Waals surface area (Å²) in [4.78, 5) is -0.689. The fraction of sp³-hybridized carbons (Fsp3) is 0.125. The summed E-state index contributed by atoms with van der Waals surface area (Å²) in [5, 5.41) is 8.78. The first kappa shape index (κ1) is 9.50. The minimum absolute atomic E-state index is 0.196. The Labute approximate surface area is 82.9 Å². The molecule has 0 aromatic heterocycles. The predicted molar refractivity (Wildman–Crippen MR) is 48.7 cm³/mol. The highest BCUT2D eigenvalue weighted by molar-refractivity contribution is 9.09. The van der Waals surface area contributed by atoms with Gasteiger partial charge in [0, 0.05) is 10.6 Å². The van der Waals surface area contributed by atoms with Crippen molar-refractivity contribution in [1.82, 2.24) is 0 Å². The van der Waals surface area contributed by atoms with E-state index < -0.39 is 10.6 Å². The van der Waals surface area contributed by atoms with E-state index in [4.69, 9.17) is 16.9 Å². The maximum Gasteiger partial charge on any atom is 0.130 e. The van der Waals surface area contributed by atoms with Crippen LogP contribution in [-0.4, -0.2) is 0 Å². The van der Waals surface area contributed by atoms with E-state index in [1.807, 2.05) is 6.07 Å². The SMILES string of the molecule is N#CC(Br)c1c(F)cccc1Cl. The van der Waals surface area contributed by atoms with Crippen molar-refractivity contribution in [2.24, 2.45) is 0 Å². The Morgan fingerprint density at radius 1 is 1.58 bits per heavy atom. The Bertz CT molecular complexity index is 314. The first-order valence-corrected chi connectivity index (χ1v) is 4.43. The molecule has 0 N–H and O–H groups in total. The van der Waals surface area contributed by atoms with E-state index >= 15 is 0 Å². The van der Waals surface area contributed by atoms with Crippen LogP contribution < -0.4 is 0 Å². The van der Waals surface area contributed by atoms with Gasteiger partial charge in [-0.2, -0.15) is 5.26 Å². The summed E-state index contributed by atoms with van der Waals surface area (Å²) in [6.07, 6.45) is 0. The summed E-state index contributed by atoms with van der Waals surface area (Å²) in [7, 11) is 0. The molecule has 1 aromatic carbocycles. The molecule has 0 saturated heterocycles. The molecule has 1 atom stereocenters. The fourth-order valence-electron chi connectivity index (χ4n) is 0.817. The second kappa shape index (κ2) is 3.88. The Hall–Kier alpha value is -0.590. The maximum atomic E-state index is 13.0. The third-order valence-corrected chi connectivity index (χ3v) is 2.36. The van der Waals surface area contributed by atoms with Crippen molar-refractivity contribution in [1.29, 1.82) is 5.26 Å². The monoisotopic (exact) mass is 247 g/mol. The zero-order valence-corrected chi connectivity index (χ0v) is 8.23. The second-order valence-electron chi connectivity index (χ2n) is 2.13. The Morgan fingerprint density at radius 2 is 2.25 bits per heavy atom. The third-order valence-electron chi connectivity index (χ3n) is 1.37. The highest BCUT2D eigenvalue weighted by Crippen LogP contribution is 2.30. The number of hydrogen-bond acceptors (Lipinski definition) is 1. The van der Waals surface area contributed by atoms with Crippen LogP contribution in [0.15, 0.2) is 18.2 Å². The molecule has 1 nitrogen and oxygen atoms in total. The van der Waals surface area contributed by atoms with E-state index in [1.165, 1.54) is 12.1 Å². The first-order valence-electron chi connectivity index (χ1n) is 3.14. The van der Waals surface area contributed by atoms with E-state index in [0.29, 0.717) is 0 Å². The minimum atomic E-state index is -0.689. The van der Waals surface area contributed by atoms with Crippen molar-refractivity contribution in [2.75, 3.05) is 0 Å². The Balaban J connectivity index is 3.23. The quantitative estimate of drug-likeness (QED) is 0.699. The van der Waals surface area contributed by atoms with Crippen molar-refractivity contribution in [3.63, 3.8) is 0 Å². The zero-order valence-electron chi connectivity index (χ0n) is 5.89. The molecule has 0 amide bonds. The van der Waals surface area contributed by atoms with Gasteiger partial charge in [0.15, 0.2) is 0 Å². The van der Waals surface area contributed by atoms with E-state index in [2.05, 4.69) is 15.9 Å². The summed E-state index contributed by atoms with van der Waals surface area (Å²) in [6.45, 7) is 0. The molecule has 0 saturated carbocycles. The number of hydrogen-bond donors (Lipinski definition) is 0. The molecular weight excluding hydrogens is 244 g/mol. The van der Waals surface area contributed by atoms with Crippen molar-refractivity contribution < 1.29 is 4.39 Å². The van der Waals surface area contributed by atoms with Crippen molar-refractivity contribution >= 4 is 27.5 Å². The normalized spacial score (nSPS) is 12.2. The average Bonchev–Trinajstić information content (AvgIpc) is 2.03. The molecule has 12 heavy (non-hydrogen) atoms. The number of rotatable bonds is 1. The lowest BCUT2D eigenvalue weighted by molar-refractivity contribution is 0.615. The summed E-state index contributed by atoms with van der Waals surface area (Å²) in [5.74, 6) is -0.467. The molecule has 0 aliphatic carbocycles. The van der Waals surface area contributed by atoms with Crippen molar-refractivity contribution in [3.05, 3.63) is 34.6 Å². The topological polar surface area (TPSA) is 23.8 Å². The Morgan fingerprint density at radius 3 is 2.75 bits per heavy atom. The predicted octanol–water partition coefficient (Wildman–Crippen LogP) is 3.44. The van der Waals surface area contributed by atoms with Gasteiger partial charge in [0.1, 0.15) is 10.6 Å². The number of nitriles is 1. The molecular formula is C8H4BrClFN. The van der Waals surface area contributed by atoms with Crippen LogP contribution >= 0.6 is 27.5 Å². The van der Waals surface area contributed by atoms with Crippen LogP contribution in [0, 0.1) is 17.1 Å². The van der Waals surface area contributed by atoms with Crippen LogP contribution in [0.3, 0.4) is 0 Å². The third kappa shape index (κ3) is 1.77. The lowest BCUT2D eigenvalue weighted by atomic mass is 10.1. The molecule has 0 radical (unpaired) electrons. The molecule has 0 aliphatic heterocycles. The van der Waals surface area contributed by atoms with E-state index in [0.717, 1.165) is 0 Å². The highest BCUT2D eigenvalue weighted by Gasteiger charge is 2.14. The Kier molecular flexibility index (Phi) is 3.07.